The number of fused-ring (bicyclic) bond motifs is 2. The van der Waals surface area contributed by atoms with E-state index in [0.29, 0.717) is 73.4 Å². The molecule has 2 aromatic carbocycles. The van der Waals surface area contributed by atoms with Gasteiger partial charge in [0.1, 0.15) is 11.0 Å². The number of benzene rings is 2. The number of aromatic amines is 1. The smallest absolute Gasteiger partial charge is 0.253 e. The van der Waals surface area contributed by atoms with Crippen LogP contribution >= 0.6 is 0 Å². The van der Waals surface area contributed by atoms with Crippen LogP contribution in [0.1, 0.15) is 58.8 Å². The van der Waals surface area contributed by atoms with E-state index < -0.39 is 0 Å². The summed E-state index contributed by atoms with van der Waals surface area (Å²) >= 11 is 0. The molecule has 8 heteroatoms. The fraction of sp³-hybridized carbons (Fsp3) is 0.444. The number of H-pyrrole nitrogens is 1. The maximum Gasteiger partial charge on any atom is 0.253 e. The third-order valence-corrected chi connectivity index (χ3v) is 7.53. The summed E-state index contributed by atoms with van der Waals surface area (Å²) in [4.78, 5) is 30.0. The molecule has 8 nitrogen and oxygen atoms in total. The monoisotopic (exact) mass is 470 g/mol. The molecule has 2 fully saturated rings. The topological polar surface area (TPSA) is 106 Å². The highest BCUT2D eigenvalue weighted by Crippen LogP contribution is 2.33. The van der Waals surface area contributed by atoms with Crippen molar-refractivity contribution in [3.05, 3.63) is 58.1 Å². The van der Waals surface area contributed by atoms with Crippen LogP contribution in [0.5, 0.6) is 0 Å². The number of carbonyl (C=O) groups is 2. The quantitative estimate of drug-likeness (QED) is 0.615. The second-order valence-corrected chi connectivity index (χ2v) is 10.2. The second kappa shape index (κ2) is 9.14. The molecule has 0 unspecified atom stereocenters. The van der Waals surface area contributed by atoms with Crippen LogP contribution in [0.4, 0.5) is 0 Å². The van der Waals surface area contributed by atoms with Gasteiger partial charge in [0, 0.05) is 50.0 Å². The lowest BCUT2D eigenvalue weighted by Gasteiger charge is -2.22. The van der Waals surface area contributed by atoms with Gasteiger partial charge in [-0.05, 0) is 60.2 Å². The van der Waals surface area contributed by atoms with E-state index in [0.717, 1.165) is 22.2 Å². The molecule has 2 amide bonds. The number of likely N-dealkylation sites (tertiary alicyclic amines) is 2. The molecule has 2 atom stereocenters. The first kappa shape index (κ1) is 23.0. The molecular weight excluding hydrogens is 440 g/mol. The summed E-state index contributed by atoms with van der Waals surface area (Å²) < 4.78 is 0. The van der Waals surface area contributed by atoms with Gasteiger partial charge in [-0.15, -0.1) is 0 Å². The summed E-state index contributed by atoms with van der Waals surface area (Å²) in [5, 5.41) is 20.1. The summed E-state index contributed by atoms with van der Waals surface area (Å²) in [6.07, 6.45) is 1.14. The minimum absolute atomic E-state index is 0.0135. The maximum atomic E-state index is 13.1. The Labute approximate surface area is 204 Å². The van der Waals surface area contributed by atoms with Gasteiger partial charge in [-0.2, -0.15) is 20.7 Å². The zero-order valence-electron chi connectivity index (χ0n) is 20.4. The van der Waals surface area contributed by atoms with E-state index in [1.54, 1.807) is 12.1 Å². The Morgan fingerprint density at radius 3 is 2.43 bits per heavy atom. The van der Waals surface area contributed by atoms with E-state index in [4.69, 9.17) is 0 Å². The van der Waals surface area contributed by atoms with Gasteiger partial charge in [-0.1, -0.05) is 19.9 Å². The molecule has 35 heavy (non-hydrogen) atoms. The van der Waals surface area contributed by atoms with Crippen LogP contribution in [-0.2, 0) is 11.2 Å². The largest absolute Gasteiger partial charge is 0.342 e. The van der Waals surface area contributed by atoms with Gasteiger partial charge in [0.05, 0.1) is 11.6 Å². The Bertz CT molecular complexity index is 1320. The van der Waals surface area contributed by atoms with Gasteiger partial charge < -0.3 is 9.80 Å². The molecule has 2 aliphatic rings. The van der Waals surface area contributed by atoms with Gasteiger partial charge >= 0.3 is 0 Å². The third-order valence-electron chi connectivity index (χ3n) is 7.53. The number of nitrogens with one attached hydrogen (secondary N) is 1. The third kappa shape index (κ3) is 4.39. The molecule has 0 radical (unpaired) electrons. The van der Waals surface area contributed by atoms with Gasteiger partial charge in [-0.3, -0.25) is 9.59 Å². The van der Waals surface area contributed by atoms with Crippen molar-refractivity contribution in [2.24, 2.45) is 11.8 Å². The Kier molecular flexibility index (Phi) is 6.01. The average Bonchev–Trinajstić information content (AvgIpc) is 3.56. The van der Waals surface area contributed by atoms with Crippen LogP contribution in [0.25, 0.3) is 11.0 Å². The molecule has 3 aromatic rings. The van der Waals surface area contributed by atoms with Gasteiger partial charge in [-0.25, -0.2) is 0 Å². The van der Waals surface area contributed by atoms with Gasteiger partial charge in [0.15, 0.2) is 0 Å². The van der Waals surface area contributed by atoms with Crippen LogP contribution in [-0.4, -0.2) is 63.2 Å². The maximum absolute atomic E-state index is 13.1. The van der Waals surface area contributed by atoms with E-state index in [9.17, 15) is 14.9 Å². The average molecular weight is 471 g/mol. The first-order valence-corrected chi connectivity index (χ1v) is 12.2. The molecule has 0 saturated carbocycles. The van der Waals surface area contributed by atoms with Crippen LogP contribution in [0.15, 0.2) is 30.3 Å². The predicted octanol–water partition coefficient (Wildman–Crippen LogP) is 3.42. The highest BCUT2D eigenvalue weighted by Gasteiger charge is 2.43. The molecule has 5 rings (SSSR count). The SMILES string of the molecule is Cc1cc(CCC(=O)N2C[C@@H]3CN(C(=O)c4ccc5n[nH]nc5c4)C[C@H]3C2)c(C(C)C)cc1C#N. The lowest BCUT2D eigenvalue weighted by molar-refractivity contribution is -0.130. The Hall–Kier alpha value is -3.73. The van der Waals surface area contributed by atoms with Crippen molar-refractivity contribution in [3.8, 4) is 6.07 Å². The Morgan fingerprint density at radius 2 is 1.74 bits per heavy atom. The zero-order valence-corrected chi connectivity index (χ0v) is 20.4. The van der Waals surface area contributed by atoms with Crippen molar-refractivity contribution in [1.29, 1.82) is 5.26 Å². The molecule has 2 aliphatic heterocycles. The molecule has 1 N–H and O–H groups in total. The minimum Gasteiger partial charge on any atom is -0.342 e. The second-order valence-electron chi connectivity index (χ2n) is 10.2. The van der Waals surface area contributed by atoms with Crippen LogP contribution in [0.2, 0.25) is 0 Å². The van der Waals surface area contributed by atoms with E-state index in [1.165, 1.54) is 0 Å². The van der Waals surface area contributed by atoms with Crippen LogP contribution in [0.3, 0.4) is 0 Å². The number of aryl methyl sites for hydroxylation is 2. The minimum atomic E-state index is 0.0135. The van der Waals surface area contributed by atoms with E-state index in [1.807, 2.05) is 28.9 Å². The number of nitrogens with zero attached hydrogens (tertiary/aromatic N) is 5. The van der Waals surface area contributed by atoms with E-state index >= 15 is 0 Å². The summed E-state index contributed by atoms with van der Waals surface area (Å²) in [5.41, 5.74) is 6.02. The normalized spacial score (nSPS) is 19.4. The number of rotatable bonds is 5. The summed E-state index contributed by atoms with van der Waals surface area (Å²) in [6, 6.07) is 11.7. The zero-order chi connectivity index (χ0) is 24.7. The summed E-state index contributed by atoms with van der Waals surface area (Å²) in [5.74, 6) is 1.13. The number of aromatic nitrogens is 3. The fourth-order valence-electron chi connectivity index (χ4n) is 5.58. The van der Waals surface area contributed by atoms with Crippen LogP contribution in [0, 0.1) is 30.1 Å². The van der Waals surface area contributed by atoms with Crippen molar-refractivity contribution in [2.45, 2.75) is 39.5 Å². The van der Waals surface area contributed by atoms with Crippen molar-refractivity contribution < 1.29 is 9.59 Å². The summed E-state index contributed by atoms with van der Waals surface area (Å²) in [6.45, 7) is 8.96. The molecule has 0 aliphatic carbocycles. The lowest BCUT2D eigenvalue weighted by atomic mass is 9.90. The Balaban J connectivity index is 1.18. The number of nitriles is 1. The van der Waals surface area contributed by atoms with E-state index in [-0.39, 0.29) is 11.8 Å². The highest BCUT2D eigenvalue weighted by atomic mass is 16.2. The van der Waals surface area contributed by atoms with Gasteiger partial charge in [0.2, 0.25) is 5.91 Å². The summed E-state index contributed by atoms with van der Waals surface area (Å²) in [7, 11) is 0. The van der Waals surface area contributed by atoms with Crippen molar-refractivity contribution in [1.82, 2.24) is 25.2 Å². The Morgan fingerprint density at radius 1 is 1.06 bits per heavy atom. The number of hydrogen-bond donors (Lipinski definition) is 1. The van der Waals surface area contributed by atoms with Crippen molar-refractivity contribution in [2.75, 3.05) is 26.2 Å². The lowest BCUT2D eigenvalue weighted by Crippen LogP contribution is -2.35. The van der Waals surface area contributed by atoms with Crippen molar-refractivity contribution in [3.63, 3.8) is 0 Å². The molecular formula is C27H30N6O2. The highest BCUT2D eigenvalue weighted by molar-refractivity contribution is 5.97. The number of amides is 2. The van der Waals surface area contributed by atoms with Gasteiger partial charge in [0.25, 0.3) is 5.91 Å². The first-order chi connectivity index (χ1) is 16.8. The fourth-order valence-corrected chi connectivity index (χ4v) is 5.58. The number of hydrogen-bond acceptors (Lipinski definition) is 5. The van der Waals surface area contributed by atoms with Crippen molar-refractivity contribution >= 4 is 22.8 Å². The molecule has 0 bridgehead atoms. The first-order valence-electron chi connectivity index (χ1n) is 12.2. The van der Waals surface area contributed by atoms with Crippen LogP contribution < -0.4 is 0 Å². The molecule has 3 heterocycles. The number of carbonyl (C=O) groups excluding carboxylic acids is 2. The standard InChI is InChI=1S/C27H30N6O2/c1-16(2)23-9-20(11-28)17(3)8-18(23)5-7-26(34)32-12-21-14-33(15-22(21)13-32)27(35)19-4-6-24-25(10-19)30-31-29-24/h4,6,8-10,16,21-22H,5,7,12-15H2,1-3H3,(H,29,30,31)/t21-,22-/m1/s1. The molecule has 180 valence electrons. The predicted molar refractivity (Wildman–Crippen MR) is 132 cm³/mol. The molecule has 0 spiro atoms. The molecule has 2 saturated heterocycles. The van der Waals surface area contributed by atoms with E-state index in [2.05, 4.69) is 41.4 Å². The molecule has 1 aromatic heterocycles.